The average Bonchev–Trinajstić information content (AvgIpc) is 2.29. The molecule has 0 aliphatic carbocycles. The van der Waals surface area contributed by atoms with Gasteiger partial charge in [-0.25, -0.2) is 0 Å². The van der Waals surface area contributed by atoms with Crippen LogP contribution in [-0.4, -0.2) is 32.4 Å². The van der Waals surface area contributed by atoms with E-state index in [0.717, 1.165) is 23.3 Å². The van der Waals surface area contributed by atoms with Gasteiger partial charge < -0.3 is 14.8 Å². The van der Waals surface area contributed by atoms with E-state index >= 15 is 0 Å². The molecule has 0 spiro atoms. The molecule has 96 valence electrons. The number of hydrogen-bond acceptors (Lipinski definition) is 3. The van der Waals surface area contributed by atoms with Crippen molar-refractivity contribution in [3.63, 3.8) is 0 Å². The van der Waals surface area contributed by atoms with E-state index in [9.17, 15) is 0 Å². The highest BCUT2D eigenvalue weighted by Gasteiger charge is 2.14. The molecule has 0 saturated heterocycles. The SMILES string of the molecule is COC(C)(C)CNCCOc1cccc(Br)c1. The molecular formula is C13H20BrNO2. The van der Waals surface area contributed by atoms with Gasteiger partial charge in [0.15, 0.2) is 0 Å². The van der Waals surface area contributed by atoms with Crippen LogP contribution in [0.1, 0.15) is 13.8 Å². The topological polar surface area (TPSA) is 30.5 Å². The Morgan fingerprint density at radius 2 is 2.12 bits per heavy atom. The third-order valence-corrected chi connectivity index (χ3v) is 2.94. The summed E-state index contributed by atoms with van der Waals surface area (Å²) in [6, 6.07) is 7.84. The number of nitrogens with one attached hydrogen (secondary N) is 1. The van der Waals surface area contributed by atoms with Crippen LogP contribution >= 0.6 is 15.9 Å². The fourth-order valence-corrected chi connectivity index (χ4v) is 1.64. The van der Waals surface area contributed by atoms with Gasteiger partial charge in [0.1, 0.15) is 12.4 Å². The quantitative estimate of drug-likeness (QED) is 0.786. The Morgan fingerprint density at radius 1 is 1.35 bits per heavy atom. The zero-order chi connectivity index (χ0) is 12.7. The van der Waals surface area contributed by atoms with Gasteiger partial charge in [0, 0.05) is 24.7 Å². The third-order valence-electron chi connectivity index (χ3n) is 2.45. The summed E-state index contributed by atoms with van der Waals surface area (Å²) in [7, 11) is 1.72. The van der Waals surface area contributed by atoms with Crippen molar-refractivity contribution < 1.29 is 9.47 Å². The molecule has 4 heteroatoms. The molecule has 17 heavy (non-hydrogen) atoms. The number of methoxy groups -OCH3 is 1. The number of benzene rings is 1. The number of rotatable bonds is 7. The van der Waals surface area contributed by atoms with Gasteiger partial charge in [-0.1, -0.05) is 22.0 Å². The van der Waals surface area contributed by atoms with Crippen LogP contribution < -0.4 is 10.1 Å². The van der Waals surface area contributed by atoms with Crippen molar-refractivity contribution in [1.29, 1.82) is 0 Å². The highest BCUT2D eigenvalue weighted by molar-refractivity contribution is 9.10. The summed E-state index contributed by atoms with van der Waals surface area (Å²) in [5.74, 6) is 0.882. The van der Waals surface area contributed by atoms with E-state index in [1.165, 1.54) is 0 Å². The van der Waals surface area contributed by atoms with Gasteiger partial charge in [-0.3, -0.25) is 0 Å². The Morgan fingerprint density at radius 3 is 2.76 bits per heavy atom. The minimum absolute atomic E-state index is 0.129. The zero-order valence-electron chi connectivity index (χ0n) is 10.6. The maximum atomic E-state index is 5.60. The Balaban J connectivity index is 2.17. The first-order chi connectivity index (χ1) is 8.03. The summed E-state index contributed by atoms with van der Waals surface area (Å²) >= 11 is 3.41. The molecule has 0 bridgehead atoms. The number of hydrogen-bond donors (Lipinski definition) is 1. The van der Waals surface area contributed by atoms with E-state index in [1.54, 1.807) is 7.11 Å². The molecule has 1 aromatic carbocycles. The predicted molar refractivity (Wildman–Crippen MR) is 73.6 cm³/mol. The summed E-state index contributed by atoms with van der Waals surface area (Å²) in [6.45, 7) is 6.37. The average molecular weight is 302 g/mol. The normalized spacial score (nSPS) is 11.5. The number of ether oxygens (including phenoxy) is 2. The molecule has 0 amide bonds. The summed E-state index contributed by atoms with van der Waals surface area (Å²) < 4.78 is 11.9. The molecule has 3 nitrogen and oxygen atoms in total. The van der Waals surface area contributed by atoms with Gasteiger partial charge in [0.05, 0.1) is 5.60 Å². The molecule has 0 aliphatic heterocycles. The van der Waals surface area contributed by atoms with Crippen LogP contribution in [0.3, 0.4) is 0 Å². The van der Waals surface area contributed by atoms with Crippen LogP contribution in [0.2, 0.25) is 0 Å². The van der Waals surface area contributed by atoms with Gasteiger partial charge >= 0.3 is 0 Å². The first kappa shape index (κ1) is 14.5. The molecular weight excluding hydrogens is 282 g/mol. The fourth-order valence-electron chi connectivity index (χ4n) is 1.26. The zero-order valence-corrected chi connectivity index (χ0v) is 12.2. The first-order valence-electron chi connectivity index (χ1n) is 5.68. The van der Waals surface area contributed by atoms with E-state index in [2.05, 4.69) is 35.1 Å². The van der Waals surface area contributed by atoms with Crippen molar-refractivity contribution in [2.75, 3.05) is 26.8 Å². The molecule has 0 fully saturated rings. The van der Waals surface area contributed by atoms with Crippen molar-refractivity contribution in [3.05, 3.63) is 28.7 Å². The Hall–Kier alpha value is -0.580. The monoisotopic (exact) mass is 301 g/mol. The summed E-state index contributed by atoms with van der Waals surface area (Å²) in [5, 5.41) is 3.30. The maximum absolute atomic E-state index is 5.60. The highest BCUT2D eigenvalue weighted by atomic mass is 79.9. The second-order valence-corrected chi connectivity index (χ2v) is 5.36. The molecule has 0 atom stereocenters. The van der Waals surface area contributed by atoms with Gasteiger partial charge in [0.2, 0.25) is 0 Å². The Labute approximate surface area is 112 Å². The third kappa shape index (κ3) is 6.05. The Kier molecular flexibility index (Phi) is 5.95. The summed E-state index contributed by atoms with van der Waals surface area (Å²) in [4.78, 5) is 0. The van der Waals surface area contributed by atoms with Crippen LogP contribution in [0.4, 0.5) is 0 Å². The van der Waals surface area contributed by atoms with Crippen molar-refractivity contribution in [2.45, 2.75) is 19.4 Å². The first-order valence-corrected chi connectivity index (χ1v) is 6.47. The lowest BCUT2D eigenvalue weighted by Gasteiger charge is -2.23. The van der Waals surface area contributed by atoms with E-state index in [1.807, 2.05) is 24.3 Å². The smallest absolute Gasteiger partial charge is 0.120 e. The van der Waals surface area contributed by atoms with Crippen molar-refractivity contribution >= 4 is 15.9 Å². The van der Waals surface area contributed by atoms with Crippen molar-refractivity contribution in [3.8, 4) is 5.75 Å². The van der Waals surface area contributed by atoms with Crippen molar-refractivity contribution in [2.24, 2.45) is 0 Å². The summed E-state index contributed by atoms with van der Waals surface area (Å²) in [5.41, 5.74) is -0.129. The lowest BCUT2D eigenvalue weighted by Crippen LogP contribution is -2.38. The largest absolute Gasteiger partial charge is 0.492 e. The maximum Gasteiger partial charge on any atom is 0.120 e. The number of halogens is 1. The fraction of sp³-hybridized carbons (Fsp3) is 0.538. The molecule has 1 rings (SSSR count). The Bertz CT molecular complexity index is 342. The van der Waals surface area contributed by atoms with E-state index in [0.29, 0.717) is 6.61 Å². The van der Waals surface area contributed by atoms with Crippen LogP contribution in [0.25, 0.3) is 0 Å². The van der Waals surface area contributed by atoms with Gasteiger partial charge in [0.25, 0.3) is 0 Å². The van der Waals surface area contributed by atoms with Gasteiger partial charge in [-0.05, 0) is 32.0 Å². The molecule has 1 aromatic rings. The molecule has 0 heterocycles. The molecule has 0 aromatic heterocycles. The van der Waals surface area contributed by atoms with Crippen LogP contribution in [0, 0.1) is 0 Å². The van der Waals surface area contributed by atoms with Gasteiger partial charge in [-0.2, -0.15) is 0 Å². The van der Waals surface area contributed by atoms with Crippen molar-refractivity contribution in [1.82, 2.24) is 5.32 Å². The second kappa shape index (κ2) is 6.99. The van der Waals surface area contributed by atoms with E-state index in [-0.39, 0.29) is 5.60 Å². The minimum Gasteiger partial charge on any atom is -0.492 e. The molecule has 0 aliphatic rings. The second-order valence-electron chi connectivity index (χ2n) is 4.45. The lowest BCUT2D eigenvalue weighted by molar-refractivity contribution is 0.0229. The molecule has 0 unspecified atom stereocenters. The molecule has 1 N–H and O–H groups in total. The standard InChI is InChI=1S/C13H20BrNO2/c1-13(2,16-3)10-15-7-8-17-12-6-4-5-11(14)9-12/h4-6,9,15H,7-8,10H2,1-3H3. The molecule has 0 saturated carbocycles. The van der Waals surface area contributed by atoms with E-state index in [4.69, 9.17) is 9.47 Å². The van der Waals surface area contributed by atoms with Crippen LogP contribution in [0.15, 0.2) is 28.7 Å². The van der Waals surface area contributed by atoms with Crippen LogP contribution in [0.5, 0.6) is 5.75 Å². The van der Waals surface area contributed by atoms with Gasteiger partial charge in [-0.15, -0.1) is 0 Å². The predicted octanol–water partition coefficient (Wildman–Crippen LogP) is 2.84. The highest BCUT2D eigenvalue weighted by Crippen LogP contribution is 2.17. The minimum atomic E-state index is -0.129. The summed E-state index contributed by atoms with van der Waals surface area (Å²) in [6.07, 6.45) is 0. The van der Waals surface area contributed by atoms with Crippen LogP contribution in [-0.2, 0) is 4.74 Å². The molecule has 0 radical (unpaired) electrons. The van der Waals surface area contributed by atoms with E-state index < -0.39 is 0 Å². The lowest BCUT2D eigenvalue weighted by atomic mass is 10.1.